The summed E-state index contributed by atoms with van der Waals surface area (Å²) in [6, 6.07) is 3.17. The van der Waals surface area contributed by atoms with Gasteiger partial charge in [-0.05, 0) is 38.8 Å². The summed E-state index contributed by atoms with van der Waals surface area (Å²) >= 11 is 0. The van der Waals surface area contributed by atoms with Gasteiger partial charge in [-0.1, -0.05) is 35.7 Å². The van der Waals surface area contributed by atoms with E-state index in [4.69, 9.17) is 9.57 Å². The summed E-state index contributed by atoms with van der Waals surface area (Å²) < 4.78 is 33.2. The number of nitro groups is 1. The lowest BCUT2D eigenvalue weighted by atomic mass is 9.96. The van der Waals surface area contributed by atoms with Crippen molar-refractivity contribution in [3.05, 3.63) is 58.7 Å². The Morgan fingerprint density at radius 2 is 2.03 bits per heavy atom. The Balaban J connectivity index is 2.60. The first-order valence-electron chi connectivity index (χ1n) is 10.7. The van der Waals surface area contributed by atoms with Crippen molar-refractivity contribution in [2.45, 2.75) is 56.7 Å². The van der Waals surface area contributed by atoms with Crippen LogP contribution in [0.3, 0.4) is 0 Å². The predicted molar refractivity (Wildman–Crippen MR) is 124 cm³/mol. The summed E-state index contributed by atoms with van der Waals surface area (Å²) in [5.41, 5.74) is -0.840. The SMILES string of the molecule is C=CCON(C1C=C(CC)C(CO)N(C(=O)OC(C)(C)C)C1)S(=O)(=O)c1ccccc1[N+](=O)[O-]. The number of benzene rings is 1. The molecule has 0 saturated carbocycles. The summed E-state index contributed by atoms with van der Waals surface area (Å²) in [4.78, 5) is 29.8. The number of nitrogens with zero attached hydrogens (tertiary/aromatic N) is 3. The van der Waals surface area contributed by atoms with Crippen LogP contribution in [0.2, 0.25) is 0 Å². The van der Waals surface area contributed by atoms with Gasteiger partial charge >= 0.3 is 6.09 Å². The molecule has 2 unspecified atom stereocenters. The normalized spacial score (nSPS) is 19.0. The molecule has 12 heteroatoms. The Morgan fingerprint density at radius 3 is 2.56 bits per heavy atom. The number of aliphatic hydroxyl groups excluding tert-OH is 1. The summed E-state index contributed by atoms with van der Waals surface area (Å²) in [5, 5.41) is 21.5. The molecule has 0 saturated heterocycles. The molecule has 1 aromatic carbocycles. The van der Waals surface area contributed by atoms with Crippen LogP contribution in [0, 0.1) is 10.1 Å². The van der Waals surface area contributed by atoms with Gasteiger partial charge in [-0.25, -0.2) is 13.2 Å². The van der Waals surface area contributed by atoms with E-state index < -0.39 is 55.9 Å². The van der Waals surface area contributed by atoms with E-state index in [0.717, 1.165) is 12.1 Å². The first kappa shape index (κ1) is 27.4. The van der Waals surface area contributed by atoms with Gasteiger partial charge in [0, 0.05) is 12.6 Å². The number of carbonyl (C=O) groups excluding carboxylic acids is 1. The van der Waals surface area contributed by atoms with Crippen molar-refractivity contribution in [2.24, 2.45) is 0 Å². The molecule has 1 aliphatic heterocycles. The van der Waals surface area contributed by atoms with Crippen molar-refractivity contribution in [3.63, 3.8) is 0 Å². The molecule has 2 rings (SSSR count). The molecule has 0 fully saturated rings. The number of nitro benzene ring substituents is 1. The quantitative estimate of drug-likeness (QED) is 0.312. The number of para-hydroxylation sites is 1. The van der Waals surface area contributed by atoms with Crippen molar-refractivity contribution < 1.29 is 32.8 Å². The van der Waals surface area contributed by atoms with Gasteiger partial charge in [0.25, 0.3) is 15.7 Å². The average Bonchev–Trinajstić information content (AvgIpc) is 2.77. The molecule has 0 spiro atoms. The molecule has 11 nitrogen and oxygen atoms in total. The van der Waals surface area contributed by atoms with Crippen LogP contribution in [-0.4, -0.2) is 71.4 Å². The van der Waals surface area contributed by atoms with E-state index in [2.05, 4.69) is 6.58 Å². The van der Waals surface area contributed by atoms with Crippen LogP contribution in [0.25, 0.3) is 0 Å². The van der Waals surface area contributed by atoms with Crippen molar-refractivity contribution in [2.75, 3.05) is 19.8 Å². The highest BCUT2D eigenvalue weighted by molar-refractivity contribution is 7.89. The fourth-order valence-electron chi connectivity index (χ4n) is 3.55. The molecule has 1 N–H and O–H groups in total. The largest absolute Gasteiger partial charge is 0.444 e. The lowest BCUT2D eigenvalue weighted by molar-refractivity contribution is -0.387. The Hall–Kier alpha value is -2.80. The van der Waals surface area contributed by atoms with E-state index in [1.165, 1.54) is 23.1 Å². The summed E-state index contributed by atoms with van der Waals surface area (Å²) in [5.74, 6) is 0. The molecule has 2 atom stereocenters. The lowest BCUT2D eigenvalue weighted by Gasteiger charge is -2.41. The van der Waals surface area contributed by atoms with Crippen molar-refractivity contribution in [1.29, 1.82) is 0 Å². The van der Waals surface area contributed by atoms with Gasteiger partial charge < -0.3 is 9.84 Å². The smallest absolute Gasteiger partial charge is 0.410 e. The van der Waals surface area contributed by atoms with Crippen LogP contribution < -0.4 is 0 Å². The van der Waals surface area contributed by atoms with Gasteiger partial charge in [0.2, 0.25) is 0 Å². The lowest BCUT2D eigenvalue weighted by Crippen LogP contribution is -2.56. The molecule has 34 heavy (non-hydrogen) atoms. The number of hydrogen-bond acceptors (Lipinski definition) is 8. The summed E-state index contributed by atoms with van der Waals surface area (Å²) in [6.45, 7) is 9.59. The second-order valence-electron chi connectivity index (χ2n) is 8.56. The maximum Gasteiger partial charge on any atom is 0.410 e. The second kappa shape index (κ2) is 11.1. The Kier molecular flexibility index (Phi) is 8.95. The summed E-state index contributed by atoms with van der Waals surface area (Å²) in [6.07, 6.45) is 2.60. The standard InChI is InChI=1S/C22H31N3O8S/c1-6-12-32-25(34(30,31)20-11-9-8-10-18(20)24(28)29)17-13-16(7-2)19(15-26)23(14-17)21(27)33-22(3,4)5/h6,8-11,13,17,19,26H,1,7,12,14-15H2,2-5H3. The summed E-state index contributed by atoms with van der Waals surface area (Å²) in [7, 11) is -4.55. The third kappa shape index (κ3) is 6.20. The third-order valence-corrected chi connectivity index (χ3v) is 6.72. The monoisotopic (exact) mass is 497 g/mol. The zero-order chi connectivity index (χ0) is 25.7. The van der Waals surface area contributed by atoms with E-state index in [9.17, 15) is 28.4 Å². The van der Waals surface area contributed by atoms with Gasteiger partial charge in [-0.2, -0.15) is 0 Å². The molecular weight excluding hydrogens is 466 g/mol. The Bertz CT molecular complexity index is 1050. The molecule has 1 heterocycles. The minimum atomic E-state index is -4.55. The van der Waals surface area contributed by atoms with Crippen LogP contribution in [0.1, 0.15) is 34.1 Å². The molecular formula is C22H31N3O8S. The molecule has 1 aliphatic rings. The molecule has 1 amide bonds. The van der Waals surface area contributed by atoms with Crippen molar-refractivity contribution in [1.82, 2.24) is 9.37 Å². The maximum atomic E-state index is 13.6. The van der Waals surface area contributed by atoms with E-state index in [1.54, 1.807) is 33.8 Å². The topological polar surface area (TPSA) is 140 Å². The fourth-order valence-corrected chi connectivity index (χ4v) is 5.09. The predicted octanol–water partition coefficient (Wildman–Crippen LogP) is 3.02. The minimum absolute atomic E-state index is 0.207. The zero-order valence-electron chi connectivity index (χ0n) is 19.7. The number of ether oxygens (including phenoxy) is 1. The first-order valence-corrected chi connectivity index (χ1v) is 12.1. The van der Waals surface area contributed by atoms with Gasteiger partial charge in [0.05, 0.1) is 30.2 Å². The highest BCUT2D eigenvalue weighted by Crippen LogP contribution is 2.32. The van der Waals surface area contributed by atoms with Crippen LogP contribution >= 0.6 is 0 Å². The minimum Gasteiger partial charge on any atom is -0.444 e. The molecule has 0 aliphatic carbocycles. The van der Waals surface area contributed by atoms with Gasteiger partial charge in [0.1, 0.15) is 5.60 Å². The van der Waals surface area contributed by atoms with Crippen LogP contribution in [0.4, 0.5) is 10.5 Å². The first-order chi connectivity index (χ1) is 15.9. The van der Waals surface area contributed by atoms with E-state index in [-0.39, 0.29) is 13.2 Å². The van der Waals surface area contributed by atoms with Crippen LogP contribution in [0.5, 0.6) is 0 Å². The highest BCUT2D eigenvalue weighted by atomic mass is 32.2. The van der Waals surface area contributed by atoms with Crippen molar-refractivity contribution in [3.8, 4) is 0 Å². The van der Waals surface area contributed by atoms with Gasteiger partial charge in [-0.15, -0.1) is 6.58 Å². The fraction of sp³-hybridized carbons (Fsp3) is 0.500. The van der Waals surface area contributed by atoms with Gasteiger partial charge in [-0.3, -0.25) is 19.9 Å². The molecule has 0 aromatic heterocycles. The second-order valence-corrected chi connectivity index (χ2v) is 10.3. The number of hydrogen-bond donors (Lipinski definition) is 1. The van der Waals surface area contributed by atoms with Crippen LogP contribution in [-0.2, 0) is 19.6 Å². The number of hydroxylamine groups is 1. The molecule has 0 radical (unpaired) electrons. The number of rotatable bonds is 9. The van der Waals surface area contributed by atoms with E-state index in [0.29, 0.717) is 16.5 Å². The number of carbonyl (C=O) groups is 1. The maximum absolute atomic E-state index is 13.6. The van der Waals surface area contributed by atoms with E-state index in [1.807, 2.05) is 0 Å². The zero-order valence-corrected chi connectivity index (χ0v) is 20.5. The number of sulfonamides is 1. The molecule has 0 bridgehead atoms. The number of aliphatic hydroxyl groups is 1. The molecule has 1 aromatic rings. The average molecular weight is 498 g/mol. The third-order valence-electron chi connectivity index (χ3n) is 4.97. The Labute approximate surface area is 199 Å². The Morgan fingerprint density at radius 1 is 1.38 bits per heavy atom. The van der Waals surface area contributed by atoms with Crippen LogP contribution in [0.15, 0.2) is 53.5 Å². The number of amides is 1. The van der Waals surface area contributed by atoms with Crippen molar-refractivity contribution >= 4 is 21.8 Å². The molecule has 188 valence electrons. The highest BCUT2D eigenvalue weighted by Gasteiger charge is 2.42. The van der Waals surface area contributed by atoms with E-state index >= 15 is 0 Å². The van der Waals surface area contributed by atoms with Gasteiger partial charge in [0.15, 0.2) is 4.90 Å².